The Labute approximate surface area is 219 Å². The second-order valence-electron chi connectivity index (χ2n) is 8.43. The van der Waals surface area contributed by atoms with Gasteiger partial charge >= 0.3 is 0 Å². The highest BCUT2D eigenvalue weighted by molar-refractivity contribution is 9.10. The maximum absolute atomic E-state index is 13.3. The normalized spacial score (nSPS) is 16.0. The van der Waals surface area contributed by atoms with Crippen molar-refractivity contribution in [2.75, 3.05) is 6.54 Å². The van der Waals surface area contributed by atoms with Gasteiger partial charge in [-0.1, -0.05) is 103 Å². The first kappa shape index (κ1) is 24.9. The van der Waals surface area contributed by atoms with Crippen molar-refractivity contribution in [2.24, 2.45) is 5.92 Å². The van der Waals surface area contributed by atoms with E-state index in [1.54, 1.807) is 4.90 Å². The molecule has 1 aliphatic heterocycles. The average molecular weight is 555 g/mol. The lowest BCUT2D eigenvalue weighted by molar-refractivity contribution is -0.122. The number of thiocarbonyl (C=S) groups is 1. The minimum absolute atomic E-state index is 0.000772. The number of aromatic nitrogens is 2. The molecule has 1 amide bonds. The maximum atomic E-state index is 13.3. The van der Waals surface area contributed by atoms with Gasteiger partial charge in [-0.2, -0.15) is 5.10 Å². The third-order valence-corrected chi connectivity index (χ3v) is 7.93. The van der Waals surface area contributed by atoms with Gasteiger partial charge in [0.25, 0.3) is 5.91 Å². The molecule has 0 aliphatic carbocycles. The number of hydrogen-bond donors (Lipinski definition) is 0. The zero-order valence-electron chi connectivity index (χ0n) is 19.4. The van der Waals surface area contributed by atoms with Crippen LogP contribution in [0.1, 0.15) is 45.1 Å². The Bertz CT molecular complexity index is 1190. The van der Waals surface area contributed by atoms with E-state index in [0.29, 0.717) is 21.7 Å². The Morgan fingerprint density at radius 1 is 1.12 bits per heavy atom. The first-order chi connectivity index (χ1) is 16.5. The van der Waals surface area contributed by atoms with E-state index < -0.39 is 0 Å². The molecule has 1 aliphatic rings. The molecule has 0 radical (unpaired) electrons. The Morgan fingerprint density at radius 2 is 1.85 bits per heavy atom. The lowest BCUT2D eigenvalue weighted by Gasteiger charge is -2.21. The van der Waals surface area contributed by atoms with E-state index in [-0.39, 0.29) is 5.91 Å². The molecule has 3 aromatic rings. The van der Waals surface area contributed by atoms with Gasteiger partial charge in [-0.15, -0.1) is 0 Å². The van der Waals surface area contributed by atoms with Gasteiger partial charge in [0.15, 0.2) is 0 Å². The molecule has 0 unspecified atom stereocenters. The van der Waals surface area contributed by atoms with Gasteiger partial charge in [0.2, 0.25) is 0 Å². The molecule has 176 valence electrons. The van der Waals surface area contributed by atoms with Gasteiger partial charge in [0, 0.05) is 28.3 Å². The smallest absolute Gasteiger partial charge is 0.266 e. The lowest BCUT2D eigenvalue weighted by Crippen LogP contribution is -2.33. The third kappa shape index (κ3) is 5.70. The number of unbranched alkanes of at least 4 members (excludes halogenated alkanes) is 1. The van der Waals surface area contributed by atoms with Gasteiger partial charge in [0.1, 0.15) is 4.32 Å². The molecule has 0 bridgehead atoms. The molecule has 0 saturated carbocycles. The van der Waals surface area contributed by atoms with E-state index in [1.807, 2.05) is 71.6 Å². The van der Waals surface area contributed by atoms with Crippen LogP contribution in [0.4, 0.5) is 0 Å². The van der Waals surface area contributed by atoms with Crippen LogP contribution < -0.4 is 0 Å². The van der Waals surface area contributed by atoms with Crippen molar-refractivity contribution < 1.29 is 4.79 Å². The summed E-state index contributed by atoms with van der Waals surface area (Å²) < 4.78 is 3.52. The Morgan fingerprint density at radius 3 is 2.53 bits per heavy atom. The Kier molecular flexibility index (Phi) is 8.40. The summed E-state index contributed by atoms with van der Waals surface area (Å²) in [5, 5.41) is 4.87. The molecule has 1 aromatic heterocycles. The summed E-state index contributed by atoms with van der Waals surface area (Å²) in [6.45, 7) is 5.09. The van der Waals surface area contributed by atoms with E-state index >= 15 is 0 Å². The van der Waals surface area contributed by atoms with Crippen LogP contribution in [-0.2, 0) is 4.79 Å². The minimum atomic E-state index is -0.000772. The van der Waals surface area contributed by atoms with Crippen LogP contribution >= 0.6 is 39.9 Å². The van der Waals surface area contributed by atoms with Gasteiger partial charge < -0.3 is 0 Å². The molecule has 1 saturated heterocycles. The summed E-state index contributed by atoms with van der Waals surface area (Å²) in [7, 11) is 0. The van der Waals surface area contributed by atoms with Crippen LogP contribution in [0.2, 0.25) is 0 Å². The van der Waals surface area contributed by atoms with Crippen molar-refractivity contribution in [3.8, 4) is 16.9 Å². The fraction of sp³-hybridized carbons (Fsp3) is 0.296. The number of carbonyl (C=O) groups excluding carboxylic acids is 1. The molecule has 0 N–H and O–H groups in total. The van der Waals surface area contributed by atoms with Gasteiger partial charge in [-0.3, -0.25) is 9.69 Å². The number of hydrogen-bond acceptors (Lipinski definition) is 4. The second kappa shape index (κ2) is 11.5. The summed E-state index contributed by atoms with van der Waals surface area (Å²) in [6.07, 6.45) is 8.44. The van der Waals surface area contributed by atoms with Crippen molar-refractivity contribution >= 4 is 56.2 Å². The van der Waals surface area contributed by atoms with E-state index in [4.69, 9.17) is 17.3 Å². The minimum Gasteiger partial charge on any atom is -0.293 e. The van der Waals surface area contributed by atoms with Crippen LogP contribution in [0, 0.1) is 5.92 Å². The average Bonchev–Trinajstić information content (AvgIpc) is 3.39. The third-order valence-electron chi connectivity index (χ3n) is 6.03. The monoisotopic (exact) mass is 553 g/mol. The first-order valence-electron chi connectivity index (χ1n) is 11.7. The van der Waals surface area contributed by atoms with E-state index in [0.717, 1.165) is 39.8 Å². The highest BCUT2D eigenvalue weighted by atomic mass is 79.9. The number of thioether (sulfide) groups is 1. The topological polar surface area (TPSA) is 38.1 Å². The van der Waals surface area contributed by atoms with Crippen molar-refractivity contribution in [1.29, 1.82) is 0 Å². The summed E-state index contributed by atoms with van der Waals surface area (Å²) >= 11 is 10.5. The number of rotatable bonds is 9. The highest BCUT2D eigenvalue weighted by Gasteiger charge is 2.33. The first-order valence-corrected chi connectivity index (χ1v) is 13.7. The summed E-state index contributed by atoms with van der Waals surface area (Å²) in [5.41, 5.74) is 3.68. The molecule has 0 spiro atoms. The molecule has 2 heterocycles. The van der Waals surface area contributed by atoms with Crippen molar-refractivity contribution in [2.45, 2.75) is 39.5 Å². The number of para-hydroxylation sites is 1. The van der Waals surface area contributed by atoms with E-state index in [2.05, 4.69) is 29.8 Å². The van der Waals surface area contributed by atoms with Crippen LogP contribution in [0.25, 0.3) is 23.0 Å². The second-order valence-corrected chi connectivity index (χ2v) is 11.0. The number of carbonyl (C=O) groups is 1. The largest absolute Gasteiger partial charge is 0.293 e. The zero-order chi connectivity index (χ0) is 24.1. The molecular weight excluding hydrogens is 526 g/mol. The predicted octanol–water partition coefficient (Wildman–Crippen LogP) is 7.72. The van der Waals surface area contributed by atoms with E-state index in [1.165, 1.54) is 24.6 Å². The fourth-order valence-electron chi connectivity index (χ4n) is 4.01. The van der Waals surface area contributed by atoms with Crippen LogP contribution in [0.5, 0.6) is 0 Å². The summed E-state index contributed by atoms with van der Waals surface area (Å²) in [5.74, 6) is 0.472. The fourth-order valence-corrected chi connectivity index (χ4v) is 5.54. The quantitative estimate of drug-likeness (QED) is 0.201. The molecule has 34 heavy (non-hydrogen) atoms. The van der Waals surface area contributed by atoms with Crippen LogP contribution in [-0.4, -0.2) is 31.5 Å². The molecular formula is C27H28BrN3OS2. The maximum Gasteiger partial charge on any atom is 0.266 e. The number of halogens is 1. The summed E-state index contributed by atoms with van der Waals surface area (Å²) in [6, 6.07) is 18.1. The zero-order valence-corrected chi connectivity index (χ0v) is 22.6. The van der Waals surface area contributed by atoms with Crippen molar-refractivity contribution in [3.05, 3.63) is 75.7 Å². The SMILES string of the molecule is CCCC[C@@H](CC)CN1C(=O)/C(=C\c2cn(-c3ccccc3)nc2-c2ccc(Br)cc2)SC1=S. The predicted molar refractivity (Wildman–Crippen MR) is 150 cm³/mol. The Balaban J connectivity index is 1.67. The molecule has 4 rings (SSSR count). The molecule has 1 atom stereocenters. The van der Waals surface area contributed by atoms with Gasteiger partial charge in [-0.25, -0.2) is 4.68 Å². The molecule has 7 heteroatoms. The van der Waals surface area contributed by atoms with E-state index in [9.17, 15) is 4.79 Å². The number of benzene rings is 2. The van der Waals surface area contributed by atoms with Gasteiger partial charge in [0.05, 0.1) is 16.3 Å². The van der Waals surface area contributed by atoms with Crippen molar-refractivity contribution in [1.82, 2.24) is 14.7 Å². The molecule has 4 nitrogen and oxygen atoms in total. The summed E-state index contributed by atoms with van der Waals surface area (Å²) in [4.78, 5) is 15.8. The highest BCUT2D eigenvalue weighted by Crippen LogP contribution is 2.36. The van der Waals surface area contributed by atoms with Gasteiger partial charge in [-0.05, 0) is 42.7 Å². The standard InChI is InChI=1S/C27H28BrN3OS2/c1-3-5-9-19(4-2)17-30-26(32)24(34-27(30)33)16-21-18-31(23-10-7-6-8-11-23)29-25(21)20-12-14-22(28)15-13-20/h6-8,10-16,18-19H,3-5,9,17H2,1-2H3/b24-16+/t19-/m1/s1. The Hall–Kier alpha value is -2.22. The van der Waals surface area contributed by atoms with Crippen LogP contribution in [0.3, 0.4) is 0 Å². The van der Waals surface area contributed by atoms with Crippen molar-refractivity contribution in [3.63, 3.8) is 0 Å². The lowest BCUT2D eigenvalue weighted by atomic mass is 9.99. The molecule has 2 aromatic carbocycles. The number of nitrogens with zero attached hydrogens (tertiary/aromatic N) is 3. The molecule has 1 fully saturated rings. The van der Waals surface area contributed by atoms with Crippen LogP contribution in [0.15, 0.2) is 70.2 Å². The number of amides is 1.